The molecule has 37 heavy (non-hydrogen) atoms. The lowest BCUT2D eigenvalue weighted by Crippen LogP contribution is -2.44. The van der Waals surface area contributed by atoms with Crippen LogP contribution in [0.3, 0.4) is 0 Å². The summed E-state index contributed by atoms with van der Waals surface area (Å²) in [7, 11) is -4.26. The van der Waals surface area contributed by atoms with Gasteiger partial charge in [0.25, 0.3) is 10.0 Å². The number of aryl methyl sites for hydroxylation is 1. The number of allylic oxidation sites excluding steroid dienone is 1. The molecule has 1 aliphatic rings. The van der Waals surface area contributed by atoms with Gasteiger partial charge in [0.2, 0.25) is 5.60 Å². The Bertz CT molecular complexity index is 1300. The quantitative estimate of drug-likeness (QED) is 0.428. The Morgan fingerprint density at radius 1 is 1.38 bits per heavy atom. The number of nitrogens with one attached hydrogen (secondary N) is 1. The predicted molar refractivity (Wildman–Crippen MR) is 130 cm³/mol. The zero-order valence-corrected chi connectivity index (χ0v) is 21.9. The molecule has 2 aromatic rings. The molecule has 2 aromatic heterocycles. The number of pyridine rings is 1. The number of hydrogen-bond acceptors (Lipinski definition) is 7. The second kappa shape index (κ2) is 10.4. The minimum atomic E-state index is -4.81. The van der Waals surface area contributed by atoms with E-state index in [2.05, 4.69) is 26.7 Å². The van der Waals surface area contributed by atoms with E-state index in [1.54, 1.807) is 6.92 Å². The third-order valence-electron chi connectivity index (χ3n) is 5.82. The lowest BCUT2D eigenvalue weighted by Gasteiger charge is -2.34. The third kappa shape index (κ3) is 6.29. The van der Waals surface area contributed by atoms with Crippen molar-refractivity contribution < 1.29 is 36.2 Å². The summed E-state index contributed by atoms with van der Waals surface area (Å²) in [6.07, 6.45) is -2.68. The van der Waals surface area contributed by atoms with Crippen LogP contribution >= 0.6 is 11.6 Å². The van der Waals surface area contributed by atoms with Gasteiger partial charge in [-0.05, 0) is 45.6 Å². The number of rotatable bonds is 8. The van der Waals surface area contributed by atoms with Crippen molar-refractivity contribution >= 4 is 39.1 Å². The Hall–Kier alpha value is -3.00. The number of ether oxygens (including phenoxy) is 1. The molecule has 0 unspecified atom stereocenters. The fraction of sp³-hybridized carbons (Fsp3) is 0.500. The van der Waals surface area contributed by atoms with Crippen molar-refractivity contribution in [2.45, 2.75) is 63.3 Å². The second-order valence-corrected chi connectivity index (χ2v) is 11.3. The molecular formula is C22H27ClF3N5O5S. The smallest absolute Gasteiger partial charge is 0.427 e. The number of nitrogens with zero attached hydrogens (tertiary/aromatic N) is 4. The normalized spacial score (nSPS) is 16.3. The van der Waals surface area contributed by atoms with Crippen molar-refractivity contribution in [2.75, 3.05) is 16.2 Å². The molecule has 10 nitrogen and oxygen atoms in total. The lowest BCUT2D eigenvalue weighted by molar-refractivity contribution is -0.242. The largest absolute Gasteiger partial charge is 0.513 e. The van der Waals surface area contributed by atoms with Crippen LogP contribution in [-0.2, 0) is 27.7 Å². The molecule has 0 saturated carbocycles. The average Bonchev–Trinajstić information content (AvgIpc) is 3.17. The summed E-state index contributed by atoms with van der Waals surface area (Å²) in [4.78, 5) is 16.2. The monoisotopic (exact) mass is 565 g/mol. The zero-order chi connectivity index (χ0) is 27.8. The number of anilines is 2. The lowest BCUT2D eigenvalue weighted by atomic mass is 9.93. The molecule has 0 aromatic carbocycles. The molecule has 204 valence electrons. The highest BCUT2D eigenvalue weighted by molar-refractivity contribution is 7.93. The number of aromatic nitrogens is 3. The third-order valence-corrected chi connectivity index (χ3v) is 7.99. The molecule has 0 spiro atoms. The summed E-state index contributed by atoms with van der Waals surface area (Å²) >= 11 is 6.13. The van der Waals surface area contributed by atoms with Gasteiger partial charge < -0.3 is 9.84 Å². The van der Waals surface area contributed by atoms with E-state index in [0.29, 0.717) is 38.9 Å². The molecule has 0 fully saturated rings. The predicted octanol–water partition coefficient (Wildman–Crippen LogP) is 5.06. The van der Waals surface area contributed by atoms with E-state index >= 15 is 0 Å². The van der Waals surface area contributed by atoms with Crippen LogP contribution in [0.1, 0.15) is 39.3 Å². The molecule has 15 heteroatoms. The van der Waals surface area contributed by atoms with Gasteiger partial charge in [-0.25, -0.2) is 13.2 Å². The summed E-state index contributed by atoms with van der Waals surface area (Å²) < 4.78 is 73.5. The van der Waals surface area contributed by atoms with Crippen molar-refractivity contribution in [2.24, 2.45) is 5.92 Å². The van der Waals surface area contributed by atoms with Crippen LogP contribution in [0.5, 0.6) is 0 Å². The van der Waals surface area contributed by atoms with Crippen LogP contribution in [0.15, 0.2) is 35.7 Å². The van der Waals surface area contributed by atoms with Crippen molar-refractivity contribution in [1.29, 1.82) is 0 Å². The Kier molecular flexibility index (Phi) is 8.03. The Balaban J connectivity index is 1.98. The van der Waals surface area contributed by atoms with Gasteiger partial charge >= 0.3 is 12.3 Å². The van der Waals surface area contributed by atoms with E-state index in [1.165, 1.54) is 23.1 Å². The number of amides is 1. The molecule has 1 atom stereocenters. The number of aliphatic hydroxyl groups excluding tert-OH is 1. The zero-order valence-electron chi connectivity index (χ0n) is 20.3. The second-order valence-electron chi connectivity index (χ2n) is 9.06. The van der Waals surface area contributed by atoms with Crippen molar-refractivity contribution in [1.82, 2.24) is 14.8 Å². The fourth-order valence-corrected chi connectivity index (χ4v) is 5.66. The first kappa shape index (κ1) is 28.6. The maximum Gasteiger partial charge on any atom is 0.427 e. The number of aliphatic hydroxyl groups is 1. The van der Waals surface area contributed by atoms with E-state index in [4.69, 9.17) is 11.6 Å². The van der Waals surface area contributed by atoms with Gasteiger partial charge in [-0.2, -0.15) is 18.3 Å². The number of sulfonamides is 1. The maximum atomic E-state index is 13.7. The highest BCUT2D eigenvalue weighted by Gasteiger charge is 2.51. The molecule has 0 bridgehead atoms. The first-order chi connectivity index (χ1) is 17.0. The van der Waals surface area contributed by atoms with Gasteiger partial charge in [0.05, 0.1) is 29.0 Å². The first-order valence-electron chi connectivity index (χ1n) is 11.2. The van der Waals surface area contributed by atoms with E-state index < -0.39 is 27.9 Å². The van der Waals surface area contributed by atoms with Crippen molar-refractivity contribution in [3.05, 3.63) is 41.6 Å². The van der Waals surface area contributed by atoms with E-state index in [9.17, 15) is 31.5 Å². The van der Waals surface area contributed by atoms with Gasteiger partial charge in [0.1, 0.15) is 4.90 Å². The van der Waals surface area contributed by atoms with Gasteiger partial charge in [0.15, 0.2) is 5.15 Å². The number of hydrogen-bond donors (Lipinski definition) is 2. The maximum absolute atomic E-state index is 13.7. The molecule has 2 N–H and O–H groups in total. The number of carbonyl (C=O) groups is 1. The SMILES string of the molecule is C=C(O)CC[C@H]1Cc2ncc(NC(=O)OC(C)(C)C(F)(F)F)cc2N(S(=O)(=O)c2cn(CC)nc2Cl)C1. The van der Waals surface area contributed by atoms with Gasteiger partial charge in [0, 0.05) is 25.7 Å². The van der Waals surface area contributed by atoms with Crippen LogP contribution in [0.2, 0.25) is 5.15 Å². The first-order valence-corrected chi connectivity index (χ1v) is 13.0. The van der Waals surface area contributed by atoms with Gasteiger partial charge in [-0.3, -0.25) is 19.3 Å². The van der Waals surface area contributed by atoms with Crippen molar-refractivity contribution in [3.8, 4) is 0 Å². The fourth-order valence-electron chi connectivity index (χ4n) is 3.65. The topological polar surface area (TPSA) is 127 Å². The molecule has 1 aliphatic heterocycles. The van der Waals surface area contributed by atoms with Crippen LogP contribution in [-0.4, -0.2) is 52.7 Å². The summed E-state index contributed by atoms with van der Waals surface area (Å²) in [6, 6.07) is 1.29. The van der Waals surface area contributed by atoms with E-state index in [0.717, 1.165) is 4.31 Å². The molecule has 3 heterocycles. The number of carbonyl (C=O) groups excluding carboxylic acids is 1. The van der Waals surface area contributed by atoms with Crippen LogP contribution in [0.25, 0.3) is 0 Å². The highest BCUT2D eigenvalue weighted by Crippen LogP contribution is 2.38. The Labute approximate surface area is 217 Å². The average molecular weight is 566 g/mol. The molecule has 0 saturated heterocycles. The summed E-state index contributed by atoms with van der Waals surface area (Å²) in [5.41, 5.74) is -2.34. The number of fused-ring (bicyclic) bond motifs is 1. The van der Waals surface area contributed by atoms with E-state index in [1.807, 2.05) is 0 Å². The molecular weight excluding hydrogens is 539 g/mol. The Morgan fingerprint density at radius 3 is 2.62 bits per heavy atom. The molecule has 1 amide bonds. The van der Waals surface area contributed by atoms with Gasteiger partial charge in [-0.15, -0.1) is 0 Å². The summed E-state index contributed by atoms with van der Waals surface area (Å²) in [5.74, 6) is -0.282. The number of halogens is 4. The molecule has 3 rings (SSSR count). The van der Waals surface area contributed by atoms with Crippen molar-refractivity contribution in [3.63, 3.8) is 0 Å². The summed E-state index contributed by atoms with van der Waals surface area (Å²) in [6.45, 7) is 6.99. The standard InChI is InChI=1S/C22H27ClF3N5O5S/c1-5-30-12-18(19(23)29-30)37(34,35)31-11-14(7-6-13(2)32)8-16-17(31)9-15(10-27-16)28-20(33)36-21(3,4)22(24,25)26/h9-10,12,14,32H,2,5-8,11H2,1,3-4H3,(H,28,33)/t14-/m0/s1. The van der Waals surface area contributed by atoms with Crippen LogP contribution < -0.4 is 9.62 Å². The minimum absolute atomic E-state index is 0.00701. The van der Waals surface area contributed by atoms with E-state index in [-0.39, 0.29) is 46.1 Å². The highest BCUT2D eigenvalue weighted by atomic mass is 35.5. The van der Waals surface area contributed by atoms with Crippen LogP contribution in [0, 0.1) is 5.92 Å². The molecule has 0 aliphatic carbocycles. The van der Waals surface area contributed by atoms with Crippen LogP contribution in [0.4, 0.5) is 29.3 Å². The molecule has 0 radical (unpaired) electrons. The number of alkyl halides is 3. The minimum Gasteiger partial charge on any atom is -0.513 e. The summed E-state index contributed by atoms with van der Waals surface area (Å²) in [5, 5.41) is 15.4. The Morgan fingerprint density at radius 2 is 2.05 bits per heavy atom. The van der Waals surface area contributed by atoms with Gasteiger partial charge in [-0.1, -0.05) is 18.2 Å².